The number of nitrogens with zero attached hydrogens (tertiary/aromatic N) is 4. The lowest BCUT2D eigenvalue weighted by atomic mass is 9.93. The van der Waals surface area contributed by atoms with Crippen LogP contribution in [0.3, 0.4) is 0 Å². The van der Waals surface area contributed by atoms with Crippen molar-refractivity contribution in [3.05, 3.63) is 18.0 Å². The summed E-state index contributed by atoms with van der Waals surface area (Å²) in [7, 11) is 0. The average Bonchev–Trinajstić information content (AvgIpc) is 3.05. The van der Waals surface area contributed by atoms with E-state index in [0.717, 1.165) is 18.6 Å². The highest BCUT2D eigenvalue weighted by atomic mass is 16.5. The van der Waals surface area contributed by atoms with Gasteiger partial charge in [-0.25, -0.2) is 0 Å². The van der Waals surface area contributed by atoms with Crippen molar-refractivity contribution >= 4 is 0 Å². The molecule has 4 rings (SSSR count). The third-order valence-corrected chi connectivity index (χ3v) is 5.78. The number of rotatable bonds is 4. The van der Waals surface area contributed by atoms with Gasteiger partial charge in [-0.15, -0.1) is 0 Å². The molecule has 3 heterocycles. The molecular formula is C17H28N4O. The Morgan fingerprint density at radius 1 is 0.955 bits per heavy atom. The van der Waals surface area contributed by atoms with E-state index in [1.807, 2.05) is 6.20 Å². The third kappa shape index (κ3) is 3.21. The number of hydrogen-bond donors (Lipinski definition) is 0. The minimum Gasteiger partial charge on any atom is -0.364 e. The molecule has 0 amide bonds. The Kier molecular flexibility index (Phi) is 4.46. The van der Waals surface area contributed by atoms with Gasteiger partial charge in [0.15, 0.2) is 0 Å². The van der Waals surface area contributed by atoms with Gasteiger partial charge in [0.2, 0.25) is 0 Å². The van der Waals surface area contributed by atoms with E-state index >= 15 is 0 Å². The number of hydrogen-bond acceptors (Lipinski definition) is 5. The topological polar surface area (TPSA) is 35.8 Å². The third-order valence-electron chi connectivity index (χ3n) is 5.78. The molecule has 3 aliphatic rings. The van der Waals surface area contributed by atoms with Crippen LogP contribution in [-0.2, 0) is 6.54 Å². The summed E-state index contributed by atoms with van der Waals surface area (Å²) in [6.07, 6.45) is 10.8. The van der Waals surface area contributed by atoms with Crippen molar-refractivity contribution in [2.24, 2.45) is 0 Å². The molecule has 2 saturated heterocycles. The van der Waals surface area contributed by atoms with Crippen LogP contribution < -0.4 is 0 Å². The highest BCUT2D eigenvalue weighted by Crippen LogP contribution is 2.25. The van der Waals surface area contributed by atoms with Crippen molar-refractivity contribution in [1.29, 1.82) is 0 Å². The van der Waals surface area contributed by atoms with Gasteiger partial charge in [0.25, 0.3) is 0 Å². The molecule has 1 aliphatic carbocycles. The predicted molar refractivity (Wildman–Crippen MR) is 85.6 cm³/mol. The van der Waals surface area contributed by atoms with Crippen LogP contribution in [0.5, 0.6) is 0 Å². The van der Waals surface area contributed by atoms with E-state index in [1.54, 1.807) is 6.26 Å². The summed E-state index contributed by atoms with van der Waals surface area (Å²) in [4.78, 5) is 7.97. The predicted octanol–water partition coefficient (Wildman–Crippen LogP) is 1.81. The Morgan fingerprint density at radius 2 is 1.64 bits per heavy atom. The maximum absolute atomic E-state index is 4.90. The first kappa shape index (κ1) is 14.7. The molecule has 0 N–H and O–H groups in total. The van der Waals surface area contributed by atoms with Gasteiger partial charge < -0.3 is 4.52 Å². The van der Waals surface area contributed by atoms with Crippen LogP contribution in [0, 0.1) is 0 Å². The lowest BCUT2D eigenvalue weighted by Crippen LogP contribution is -2.63. The largest absolute Gasteiger partial charge is 0.364 e. The van der Waals surface area contributed by atoms with E-state index in [9.17, 15) is 0 Å². The zero-order valence-corrected chi connectivity index (χ0v) is 13.5. The number of likely N-dealkylation sites (tertiary alicyclic amines) is 1. The minimum absolute atomic E-state index is 0.772. The highest BCUT2D eigenvalue weighted by Gasteiger charge is 2.34. The molecule has 1 aromatic heterocycles. The number of aromatic nitrogens is 1. The Labute approximate surface area is 133 Å². The lowest BCUT2D eigenvalue weighted by Gasteiger charge is -2.49. The molecule has 5 nitrogen and oxygen atoms in total. The fraction of sp³-hybridized carbons (Fsp3) is 0.824. The van der Waals surface area contributed by atoms with Crippen LogP contribution in [0.4, 0.5) is 0 Å². The van der Waals surface area contributed by atoms with E-state index in [0.29, 0.717) is 0 Å². The SMILES string of the molecule is c1nocc1CN1CC(N2CCN(C3CCCCC3)CC2)C1. The van der Waals surface area contributed by atoms with Gasteiger partial charge in [0, 0.05) is 63.5 Å². The van der Waals surface area contributed by atoms with Crippen LogP contribution in [0.2, 0.25) is 0 Å². The van der Waals surface area contributed by atoms with Crippen molar-refractivity contribution < 1.29 is 4.52 Å². The maximum Gasteiger partial charge on any atom is 0.128 e. The molecule has 0 aromatic carbocycles. The van der Waals surface area contributed by atoms with Gasteiger partial charge in [0.05, 0.1) is 6.20 Å². The standard InChI is InChI=1S/C17H28N4O/c1-2-4-16(5-3-1)20-6-8-21(9-7-20)17-12-19(13-17)11-15-10-18-22-14-15/h10,14,16-17H,1-9,11-13H2. The minimum atomic E-state index is 0.772. The average molecular weight is 304 g/mol. The molecular weight excluding hydrogens is 276 g/mol. The summed E-state index contributed by atoms with van der Waals surface area (Å²) in [5.41, 5.74) is 1.19. The zero-order valence-electron chi connectivity index (χ0n) is 13.5. The Balaban J connectivity index is 1.19. The van der Waals surface area contributed by atoms with Crippen LogP contribution in [-0.4, -0.2) is 71.2 Å². The van der Waals surface area contributed by atoms with Gasteiger partial charge in [-0.3, -0.25) is 14.7 Å². The molecule has 0 atom stereocenters. The Morgan fingerprint density at radius 3 is 2.27 bits per heavy atom. The molecule has 1 aromatic rings. The first-order chi connectivity index (χ1) is 10.9. The van der Waals surface area contributed by atoms with Crippen molar-refractivity contribution in [3.63, 3.8) is 0 Å². The van der Waals surface area contributed by atoms with Gasteiger partial charge >= 0.3 is 0 Å². The molecule has 122 valence electrons. The van der Waals surface area contributed by atoms with E-state index in [-0.39, 0.29) is 0 Å². The van der Waals surface area contributed by atoms with Crippen LogP contribution in [0.25, 0.3) is 0 Å². The maximum atomic E-state index is 4.90. The summed E-state index contributed by atoms with van der Waals surface area (Å²) in [5, 5.41) is 3.78. The van der Waals surface area contributed by atoms with Crippen molar-refractivity contribution in [1.82, 2.24) is 19.9 Å². The molecule has 22 heavy (non-hydrogen) atoms. The van der Waals surface area contributed by atoms with E-state index in [4.69, 9.17) is 4.52 Å². The lowest BCUT2D eigenvalue weighted by molar-refractivity contribution is -0.0104. The fourth-order valence-corrected chi connectivity index (χ4v) is 4.38. The summed E-state index contributed by atoms with van der Waals surface area (Å²) in [6, 6.07) is 1.66. The van der Waals surface area contributed by atoms with Gasteiger partial charge in [0.1, 0.15) is 6.26 Å². The fourth-order valence-electron chi connectivity index (χ4n) is 4.38. The highest BCUT2D eigenvalue weighted by molar-refractivity contribution is 5.02. The number of piperazine rings is 1. The quantitative estimate of drug-likeness (QED) is 0.848. The van der Waals surface area contributed by atoms with E-state index in [1.165, 1.54) is 76.9 Å². The summed E-state index contributed by atoms with van der Waals surface area (Å²) >= 11 is 0. The molecule has 2 aliphatic heterocycles. The first-order valence-corrected chi connectivity index (χ1v) is 8.97. The molecule has 1 saturated carbocycles. The zero-order chi connectivity index (χ0) is 14.8. The second-order valence-corrected chi connectivity index (χ2v) is 7.24. The normalized spacial score (nSPS) is 27.1. The van der Waals surface area contributed by atoms with Crippen LogP contribution in [0.1, 0.15) is 37.7 Å². The van der Waals surface area contributed by atoms with Crippen molar-refractivity contribution in [2.45, 2.75) is 50.7 Å². The second kappa shape index (κ2) is 6.69. The summed E-state index contributed by atoms with van der Waals surface area (Å²) in [5.74, 6) is 0. The first-order valence-electron chi connectivity index (χ1n) is 8.97. The molecule has 0 spiro atoms. The van der Waals surface area contributed by atoms with Crippen LogP contribution >= 0.6 is 0 Å². The molecule has 0 unspecified atom stereocenters. The smallest absolute Gasteiger partial charge is 0.128 e. The second-order valence-electron chi connectivity index (χ2n) is 7.24. The summed E-state index contributed by atoms with van der Waals surface area (Å²) < 4.78 is 4.90. The Hall–Kier alpha value is -0.910. The van der Waals surface area contributed by atoms with E-state index in [2.05, 4.69) is 19.9 Å². The van der Waals surface area contributed by atoms with Crippen LogP contribution in [0.15, 0.2) is 17.0 Å². The van der Waals surface area contributed by atoms with Gasteiger partial charge in [-0.05, 0) is 12.8 Å². The molecule has 0 radical (unpaired) electrons. The summed E-state index contributed by atoms with van der Waals surface area (Å²) in [6.45, 7) is 8.50. The van der Waals surface area contributed by atoms with Gasteiger partial charge in [-0.2, -0.15) is 0 Å². The molecule has 3 fully saturated rings. The van der Waals surface area contributed by atoms with Crippen molar-refractivity contribution in [2.75, 3.05) is 39.3 Å². The van der Waals surface area contributed by atoms with Gasteiger partial charge in [-0.1, -0.05) is 24.4 Å². The molecule has 5 heteroatoms. The van der Waals surface area contributed by atoms with Crippen molar-refractivity contribution in [3.8, 4) is 0 Å². The Bertz CT molecular complexity index is 443. The van der Waals surface area contributed by atoms with E-state index < -0.39 is 0 Å². The monoisotopic (exact) mass is 304 g/mol. The molecule has 0 bridgehead atoms.